The summed E-state index contributed by atoms with van der Waals surface area (Å²) < 4.78 is 0. The fourth-order valence-corrected chi connectivity index (χ4v) is 3.71. The summed E-state index contributed by atoms with van der Waals surface area (Å²) in [6.45, 7) is 0. The molecule has 0 saturated carbocycles. The second kappa shape index (κ2) is 11.6. The summed E-state index contributed by atoms with van der Waals surface area (Å²) >= 11 is 0. The van der Waals surface area contributed by atoms with Crippen molar-refractivity contribution < 1.29 is 20.8 Å². The smallest absolute Gasteiger partial charge is 0.122 e. The van der Waals surface area contributed by atoms with E-state index in [1.54, 1.807) is 0 Å². The van der Waals surface area contributed by atoms with Crippen molar-refractivity contribution in [1.29, 1.82) is 0 Å². The van der Waals surface area contributed by atoms with E-state index in [2.05, 4.69) is 19.9 Å². The molecule has 0 radical (unpaired) electrons. The molecule has 0 saturated heterocycles. The summed E-state index contributed by atoms with van der Waals surface area (Å²) in [6, 6.07) is 35.1. The van der Waals surface area contributed by atoms with Crippen molar-refractivity contribution in [1.82, 2.24) is 19.9 Å². The topological polar surface area (TPSA) is 144 Å². The standard InChI is InChI=1S/2C12H8N2.C6H6O3.H2O/c2*1-2-6-10-9(5-1)13-11-7-3-4-8-12(11)14-10;7-4-1-5(8)3-6(9)2-4;/h2*1-8H;1-3,7-9H;1H2. The Bertz CT molecular complexity index is 1470. The number of phenols is 3. The lowest BCUT2D eigenvalue weighted by atomic mass is 10.2. The third-order valence-electron chi connectivity index (χ3n) is 5.38. The highest BCUT2D eigenvalue weighted by Crippen LogP contribution is 2.24. The summed E-state index contributed by atoms with van der Waals surface area (Å²) in [5.41, 5.74) is 7.60. The van der Waals surface area contributed by atoms with E-state index in [0.717, 1.165) is 62.3 Å². The molecular formula is C30H24N4O4. The van der Waals surface area contributed by atoms with Crippen molar-refractivity contribution in [3.8, 4) is 17.2 Å². The van der Waals surface area contributed by atoms with E-state index in [1.807, 2.05) is 97.1 Å². The van der Waals surface area contributed by atoms with E-state index in [-0.39, 0.29) is 22.7 Å². The van der Waals surface area contributed by atoms with Crippen molar-refractivity contribution in [2.75, 3.05) is 0 Å². The summed E-state index contributed by atoms with van der Waals surface area (Å²) in [5, 5.41) is 26.0. The van der Waals surface area contributed by atoms with Crippen LogP contribution in [0.3, 0.4) is 0 Å². The zero-order valence-corrected chi connectivity index (χ0v) is 20.1. The molecule has 0 atom stereocenters. The molecule has 5 N–H and O–H groups in total. The number of aromatic hydroxyl groups is 3. The lowest BCUT2D eigenvalue weighted by molar-refractivity contribution is 0.428. The number of nitrogens with zero attached hydrogens (tertiary/aromatic N) is 4. The predicted molar refractivity (Wildman–Crippen MR) is 149 cm³/mol. The lowest BCUT2D eigenvalue weighted by Crippen LogP contribution is -1.85. The quantitative estimate of drug-likeness (QED) is 0.230. The maximum atomic E-state index is 8.67. The molecule has 188 valence electrons. The fraction of sp³-hybridized carbons (Fsp3) is 0. The molecule has 2 heterocycles. The number of fused-ring (bicyclic) bond motifs is 4. The second-order valence-corrected chi connectivity index (χ2v) is 8.11. The average molecular weight is 505 g/mol. The van der Waals surface area contributed by atoms with E-state index in [9.17, 15) is 0 Å². The van der Waals surface area contributed by atoms with Crippen molar-refractivity contribution in [3.05, 3.63) is 115 Å². The molecule has 8 nitrogen and oxygen atoms in total. The molecule has 7 rings (SSSR count). The SMILES string of the molecule is O.Oc1cc(O)cc(O)c1.c1ccc2nc3ccccc3nc2c1.c1ccc2nc3ccccc3nc2c1. The summed E-state index contributed by atoms with van der Waals surface area (Å²) in [5.74, 6) is -0.437. The molecule has 8 heteroatoms. The predicted octanol–water partition coefficient (Wildman–Crippen LogP) is 5.54. The number of hydrogen-bond acceptors (Lipinski definition) is 7. The fourth-order valence-electron chi connectivity index (χ4n) is 3.71. The van der Waals surface area contributed by atoms with Gasteiger partial charge in [-0.1, -0.05) is 48.5 Å². The van der Waals surface area contributed by atoms with Crippen LogP contribution in [0.25, 0.3) is 44.1 Å². The van der Waals surface area contributed by atoms with Gasteiger partial charge in [-0.15, -0.1) is 0 Å². The Labute approximate surface area is 217 Å². The first-order chi connectivity index (χ1) is 18.0. The highest BCUT2D eigenvalue weighted by Gasteiger charge is 1.99. The number of benzene rings is 5. The summed E-state index contributed by atoms with van der Waals surface area (Å²) in [7, 11) is 0. The zero-order valence-electron chi connectivity index (χ0n) is 20.1. The van der Waals surface area contributed by atoms with Crippen LogP contribution >= 0.6 is 0 Å². The van der Waals surface area contributed by atoms with Crippen molar-refractivity contribution in [2.45, 2.75) is 0 Å². The molecule has 0 spiro atoms. The number of phenolic OH excluding ortho intramolecular Hbond substituents is 3. The minimum absolute atomic E-state index is 0. The molecule has 0 aliphatic carbocycles. The van der Waals surface area contributed by atoms with Gasteiger partial charge in [-0.05, 0) is 48.5 Å². The van der Waals surface area contributed by atoms with Crippen molar-refractivity contribution in [2.24, 2.45) is 0 Å². The molecule has 0 aliphatic rings. The van der Waals surface area contributed by atoms with E-state index < -0.39 is 0 Å². The third-order valence-corrected chi connectivity index (χ3v) is 5.38. The van der Waals surface area contributed by atoms with Gasteiger partial charge in [0, 0.05) is 18.2 Å². The molecular weight excluding hydrogens is 480 g/mol. The van der Waals surface area contributed by atoms with Gasteiger partial charge >= 0.3 is 0 Å². The Kier molecular flexibility index (Phi) is 7.86. The van der Waals surface area contributed by atoms with Gasteiger partial charge in [0.15, 0.2) is 0 Å². The summed E-state index contributed by atoms with van der Waals surface area (Å²) in [6.07, 6.45) is 0. The van der Waals surface area contributed by atoms with E-state index in [0.29, 0.717) is 0 Å². The van der Waals surface area contributed by atoms with Gasteiger partial charge in [0.25, 0.3) is 0 Å². The minimum atomic E-state index is -0.146. The molecule has 0 unspecified atom stereocenters. The van der Waals surface area contributed by atoms with Crippen LogP contribution in [-0.4, -0.2) is 40.7 Å². The van der Waals surface area contributed by atoms with Crippen LogP contribution < -0.4 is 0 Å². The number of para-hydroxylation sites is 8. The van der Waals surface area contributed by atoms with Crippen molar-refractivity contribution in [3.63, 3.8) is 0 Å². The minimum Gasteiger partial charge on any atom is -0.508 e. The van der Waals surface area contributed by atoms with E-state index in [1.165, 1.54) is 0 Å². The Morgan fingerprint density at radius 3 is 0.632 bits per heavy atom. The van der Waals surface area contributed by atoms with Crippen LogP contribution in [0, 0.1) is 0 Å². The monoisotopic (exact) mass is 504 g/mol. The molecule has 0 aliphatic heterocycles. The highest BCUT2D eigenvalue weighted by atomic mass is 16.3. The van der Waals surface area contributed by atoms with E-state index >= 15 is 0 Å². The van der Waals surface area contributed by atoms with E-state index in [4.69, 9.17) is 15.3 Å². The number of rotatable bonds is 0. The second-order valence-electron chi connectivity index (χ2n) is 8.11. The molecule has 0 amide bonds. The van der Waals surface area contributed by atoms with Gasteiger partial charge in [-0.3, -0.25) is 0 Å². The first kappa shape index (κ1) is 25.7. The van der Waals surface area contributed by atoms with Crippen LogP contribution in [0.1, 0.15) is 0 Å². The Morgan fingerprint density at radius 2 is 0.474 bits per heavy atom. The maximum absolute atomic E-state index is 8.67. The zero-order chi connectivity index (χ0) is 25.6. The van der Waals surface area contributed by atoms with Crippen LogP contribution in [0.4, 0.5) is 0 Å². The number of hydrogen-bond donors (Lipinski definition) is 3. The highest BCUT2D eigenvalue weighted by molar-refractivity contribution is 5.86. The van der Waals surface area contributed by atoms with Crippen molar-refractivity contribution >= 4 is 44.1 Å². The largest absolute Gasteiger partial charge is 0.508 e. The van der Waals surface area contributed by atoms with Gasteiger partial charge < -0.3 is 20.8 Å². The van der Waals surface area contributed by atoms with Gasteiger partial charge in [0.05, 0.1) is 44.1 Å². The third kappa shape index (κ3) is 6.07. The molecule has 0 fully saturated rings. The molecule has 5 aromatic carbocycles. The van der Waals surface area contributed by atoms with Gasteiger partial charge in [0.2, 0.25) is 0 Å². The van der Waals surface area contributed by atoms with Crippen LogP contribution in [0.2, 0.25) is 0 Å². The first-order valence-corrected chi connectivity index (χ1v) is 11.5. The number of aromatic nitrogens is 4. The Morgan fingerprint density at radius 1 is 0.316 bits per heavy atom. The van der Waals surface area contributed by atoms with Crippen LogP contribution in [0.5, 0.6) is 17.2 Å². The van der Waals surface area contributed by atoms with Gasteiger partial charge in [0.1, 0.15) is 17.2 Å². The van der Waals surface area contributed by atoms with Crippen LogP contribution in [0.15, 0.2) is 115 Å². The van der Waals surface area contributed by atoms with Gasteiger partial charge in [-0.25, -0.2) is 19.9 Å². The average Bonchev–Trinajstić information content (AvgIpc) is 2.90. The summed E-state index contributed by atoms with van der Waals surface area (Å²) in [4.78, 5) is 18.1. The normalized spacial score (nSPS) is 10.2. The molecule has 38 heavy (non-hydrogen) atoms. The molecule has 0 bridgehead atoms. The lowest BCUT2D eigenvalue weighted by Gasteiger charge is -1.98. The molecule has 7 aromatic rings. The maximum Gasteiger partial charge on any atom is 0.122 e. The Hall–Kier alpha value is -5.34. The van der Waals surface area contributed by atoms with Gasteiger partial charge in [-0.2, -0.15) is 0 Å². The Balaban J connectivity index is 0.000000135. The molecule has 2 aromatic heterocycles. The first-order valence-electron chi connectivity index (χ1n) is 11.5. The van der Waals surface area contributed by atoms with Crippen LogP contribution in [-0.2, 0) is 0 Å².